The Balaban J connectivity index is 1.67. The highest BCUT2D eigenvalue weighted by Crippen LogP contribution is 2.36. The van der Waals surface area contributed by atoms with Gasteiger partial charge in [-0.1, -0.05) is 19.1 Å². The maximum Gasteiger partial charge on any atom is 0.0705 e. The number of hydrogen-bond donors (Lipinski definition) is 1. The van der Waals surface area contributed by atoms with Crippen LogP contribution in [-0.4, -0.2) is 11.5 Å². The zero-order chi connectivity index (χ0) is 12.5. The van der Waals surface area contributed by atoms with Crippen molar-refractivity contribution in [1.29, 1.82) is 0 Å². The van der Waals surface area contributed by atoms with Crippen molar-refractivity contribution in [3.05, 3.63) is 41.6 Å². The summed E-state index contributed by atoms with van der Waals surface area (Å²) in [4.78, 5) is 4.52. The smallest absolute Gasteiger partial charge is 0.0705 e. The summed E-state index contributed by atoms with van der Waals surface area (Å²) in [6.45, 7) is 6.49. The maximum atomic E-state index is 4.52. The van der Waals surface area contributed by atoms with E-state index in [-0.39, 0.29) is 0 Å². The van der Waals surface area contributed by atoms with Crippen LogP contribution < -0.4 is 5.32 Å². The van der Waals surface area contributed by atoms with Gasteiger partial charge >= 0.3 is 0 Å². The average Bonchev–Trinajstić information content (AvgIpc) is 3.05. The highest BCUT2D eigenvalue weighted by molar-refractivity contribution is 5.79. The van der Waals surface area contributed by atoms with Gasteiger partial charge in [-0.2, -0.15) is 0 Å². The molecule has 1 aromatic heterocycles. The molecule has 1 fully saturated rings. The standard InChI is InChI=1S/C16H20N2/c1-11-7-15(11)10-17-9-13-4-6-16-14(8-13)5-3-12(2)18-16/h3-6,8,11,15,17H,7,9-10H2,1-2H3. The van der Waals surface area contributed by atoms with E-state index in [1.807, 2.05) is 6.92 Å². The van der Waals surface area contributed by atoms with Gasteiger partial charge in [0.15, 0.2) is 0 Å². The van der Waals surface area contributed by atoms with Gasteiger partial charge in [0.2, 0.25) is 0 Å². The van der Waals surface area contributed by atoms with E-state index in [0.29, 0.717) is 0 Å². The zero-order valence-corrected chi connectivity index (χ0v) is 11.1. The van der Waals surface area contributed by atoms with Crippen LogP contribution >= 0.6 is 0 Å². The molecule has 0 bridgehead atoms. The molecule has 1 heterocycles. The molecular weight excluding hydrogens is 220 g/mol. The largest absolute Gasteiger partial charge is 0.312 e. The Hall–Kier alpha value is -1.41. The molecule has 0 amide bonds. The van der Waals surface area contributed by atoms with E-state index in [2.05, 4.69) is 47.6 Å². The van der Waals surface area contributed by atoms with Crippen LogP contribution in [0.25, 0.3) is 10.9 Å². The first-order valence-corrected chi connectivity index (χ1v) is 6.79. The van der Waals surface area contributed by atoms with Crippen LogP contribution in [0, 0.1) is 18.8 Å². The van der Waals surface area contributed by atoms with Gasteiger partial charge in [-0.25, -0.2) is 0 Å². The Kier molecular flexibility index (Phi) is 3.04. The molecule has 0 saturated heterocycles. The molecule has 0 spiro atoms. The minimum atomic E-state index is 0.912. The van der Waals surface area contributed by atoms with Gasteiger partial charge in [0.1, 0.15) is 0 Å². The third-order valence-electron chi connectivity index (χ3n) is 3.90. The molecule has 1 saturated carbocycles. The Labute approximate surface area is 108 Å². The number of aromatic nitrogens is 1. The normalized spacial score (nSPS) is 22.3. The van der Waals surface area contributed by atoms with Crippen LogP contribution in [0.15, 0.2) is 30.3 Å². The monoisotopic (exact) mass is 240 g/mol. The first-order valence-electron chi connectivity index (χ1n) is 6.79. The third-order valence-corrected chi connectivity index (χ3v) is 3.90. The molecule has 2 atom stereocenters. The number of hydrogen-bond acceptors (Lipinski definition) is 2. The van der Waals surface area contributed by atoms with Crippen molar-refractivity contribution in [2.75, 3.05) is 6.54 Å². The molecule has 1 N–H and O–H groups in total. The van der Waals surface area contributed by atoms with Crippen molar-refractivity contribution in [2.24, 2.45) is 11.8 Å². The predicted octanol–water partition coefficient (Wildman–Crippen LogP) is 3.29. The Morgan fingerprint density at radius 2 is 2.11 bits per heavy atom. The molecule has 1 aromatic carbocycles. The van der Waals surface area contributed by atoms with E-state index in [0.717, 1.165) is 36.1 Å². The van der Waals surface area contributed by atoms with Crippen LogP contribution in [0.1, 0.15) is 24.6 Å². The highest BCUT2D eigenvalue weighted by atomic mass is 14.9. The number of rotatable bonds is 4. The first kappa shape index (κ1) is 11.7. The molecule has 2 heteroatoms. The van der Waals surface area contributed by atoms with Gasteiger partial charge in [-0.05, 0) is 55.5 Å². The molecule has 1 aliphatic carbocycles. The summed E-state index contributed by atoms with van der Waals surface area (Å²) < 4.78 is 0. The second kappa shape index (κ2) is 4.69. The second-order valence-corrected chi connectivity index (χ2v) is 5.58. The maximum absolute atomic E-state index is 4.52. The minimum absolute atomic E-state index is 0.912. The van der Waals surface area contributed by atoms with Crippen molar-refractivity contribution in [3.63, 3.8) is 0 Å². The molecule has 2 aromatic rings. The van der Waals surface area contributed by atoms with Crippen LogP contribution in [0.2, 0.25) is 0 Å². The van der Waals surface area contributed by atoms with Crippen molar-refractivity contribution in [2.45, 2.75) is 26.8 Å². The SMILES string of the molecule is Cc1ccc2cc(CNCC3CC3C)ccc2n1. The summed E-state index contributed by atoms with van der Waals surface area (Å²) in [6, 6.07) is 10.8. The number of fused-ring (bicyclic) bond motifs is 1. The van der Waals surface area contributed by atoms with Crippen LogP contribution in [0.5, 0.6) is 0 Å². The fourth-order valence-corrected chi connectivity index (χ4v) is 2.47. The summed E-state index contributed by atoms with van der Waals surface area (Å²) in [5.74, 6) is 1.84. The highest BCUT2D eigenvalue weighted by Gasteiger charge is 2.31. The Morgan fingerprint density at radius 1 is 1.28 bits per heavy atom. The molecule has 94 valence electrons. The summed E-state index contributed by atoms with van der Waals surface area (Å²) >= 11 is 0. The van der Waals surface area contributed by atoms with Gasteiger partial charge in [-0.3, -0.25) is 4.98 Å². The number of aryl methyl sites for hydroxylation is 1. The van der Waals surface area contributed by atoms with E-state index >= 15 is 0 Å². The van der Waals surface area contributed by atoms with Crippen LogP contribution in [0.3, 0.4) is 0 Å². The van der Waals surface area contributed by atoms with Crippen molar-refractivity contribution >= 4 is 10.9 Å². The van der Waals surface area contributed by atoms with E-state index < -0.39 is 0 Å². The topological polar surface area (TPSA) is 24.9 Å². The number of nitrogens with one attached hydrogen (secondary N) is 1. The second-order valence-electron chi connectivity index (χ2n) is 5.58. The van der Waals surface area contributed by atoms with Crippen LogP contribution in [-0.2, 0) is 6.54 Å². The van der Waals surface area contributed by atoms with Gasteiger partial charge in [0, 0.05) is 17.6 Å². The Morgan fingerprint density at radius 3 is 2.89 bits per heavy atom. The fourth-order valence-electron chi connectivity index (χ4n) is 2.47. The lowest BCUT2D eigenvalue weighted by Gasteiger charge is -2.06. The van der Waals surface area contributed by atoms with Gasteiger partial charge in [-0.15, -0.1) is 0 Å². The number of nitrogens with zero attached hydrogens (tertiary/aromatic N) is 1. The molecule has 0 radical (unpaired) electrons. The van der Waals surface area contributed by atoms with E-state index in [1.165, 1.54) is 17.4 Å². The molecule has 0 aliphatic heterocycles. The number of pyridine rings is 1. The predicted molar refractivity (Wildman–Crippen MR) is 75.5 cm³/mol. The fraction of sp³-hybridized carbons (Fsp3) is 0.438. The zero-order valence-electron chi connectivity index (χ0n) is 11.1. The minimum Gasteiger partial charge on any atom is -0.312 e. The summed E-state index contributed by atoms with van der Waals surface area (Å²) in [5, 5.41) is 4.79. The third kappa shape index (κ3) is 2.54. The van der Waals surface area contributed by atoms with Gasteiger partial charge in [0.05, 0.1) is 5.52 Å². The van der Waals surface area contributed by atoms with E-state index in [4.69, 9.17) is 0 Å². The molecule has 2 unspecified atom stereocenters. The van der Waals surface area contributed by atoms with E-state index in [9.17, 15) is 0 Å². The molecule has 3 rings (SSSR count). The molecule has 18 heavy (non-hydrogen) atoms. The van der Waals surface area contributed by atoms with Crippen molar-refractivity contribution in [1.82, 2.24) is 10.3 Å². The van der Waals surface area contributed by atoms with Crippen molar-refractivity contribution in [3.8, 4) is 0 Å². The van der Waals surface area contributed by atoms with Gasteiger partial charge < -0.3 is 5.32 Å². The lowest BCUT2D eigenvalue weighted by molar-refractivity contribution is 0.612. The summed E-state index contributed by atoms with van der Waals surface area (Å²) in [5.41, 5.74) is 3.52. The summed E-state index contributed by atoms with van der Waals surface area (Å²) in [7, 11) is 0. The molecule has 2 nitrogen and oxygen atoms in total. The first-order chi connectivity index (χ1) is 8.72. The summed E-state index contributed by atoms with van der Waals surface area (Å²) in [6.07, 6.45) is 1.40. The molecular formula is C16H20N2. The molecule has 1 aliphatic rings. The lowest BCUT2D eigenvalue weighted by atomic mass is 10.1. The van der Waals surface area contributed by atoms with E-state index in [1.54, 1.807) is 0 Å². The average molecular weight is 240 g/mol. The van der Waals surface area contributed by atoms with Gasteiger partial charge in [0.25, 0.3) is 0 Å². The Bertz CT molecular complexity index is 562. The lowest BCUT2D eigenvalue weighted by Crippen LogP contribution is -2.16. The number of benzene rings is 1. The quantitative estimate of drug-likeness (QED) is 0.887. The van der Waals surface area contributed by atoms with Crippen LogP contribution in [0.4, 0.5) is 0 Å². The van der Waals surface area contributed by atoms with Crippen molar-refractivity contribution < 1.29 is 0 Å².